The monoisotopic (exact) mass is 367 g/mol. The van der Waals surface area contributed by atoms with Crippen LogP contribution in [0.25, 0.3) is 0 Å². The molecule has 0 bridgehead atoms. The van der Waals surface area contributed by atoms with E-state index in [1.165, 1.54) is 16.7 Å². The van der Waals surface area contributed by atoms with Crippen LogP contribution in [0.3, 0.4) is 0 Å². The third kappa shape index (κ3) is 4.27. The first-order valence-corrected chi connectivity index (χ1v) is 9.80. The molecule has 0 radical (unpaired) electrons. The van der Waals surface area contributed by atoms with E-state index in [2.05, 4.69) is 72.8 Å². The van der Waals surface area contributed by atoms with Crippen LogP contribution in [0, 0.1) is 0 Å². The normalized spacial score (nSPS) is 13.4. The van der Waals surface area contributed by atoms with E-state index >= 15 is 0 Å². The van der Waals surface area contributed by atoms with Gasteiger partial charge in [-0.25, -0.2) is 0 Å². The molecule has 0 saturated heterocycles. The molecule has 0 aromatic heterocycles. The van der Waals surface area contributed by atoms with Crippen LogP contribution in [0.1, 0.15) is 16.7 Å². The third-order valence-electron chi connectivity index (χ3n) is 4.31. The molecule has 0 heterocycles. The number of rotatable bonds is 7. The fourth-order valence-corrected chi connectivity index (χ4v) is 4.60. The second kappa shape index (κ2) is 8.57. The molecule has 3 heteroatoms. The predicted octanol–water partition coefficient (Wildman–Crippen LogP) is 5.52. The fraction of sp³-hybridized carbons (Fsp3) is 0.182. The van der Waals surface area contributed by atoms with Crippen LogP contribution in [0.15, 0.2) is 84.9 Å². The van der Waals surface area contributed by atoms with Crippen molar-refractivity contribution in [2.45, 2.75) is 11.2 Å². The maximum Gasteiger partial charge on any atom is 0.0697 e. The Hall–Kier alpha value is -1.74. The average Bonchev–Trinajstić information content (AvgIpc) is 2.67. The summed E-state index contributed by atoms with van der Waals surface area (Å²) in [5.41, 5.74) is 9.72. The van der Waals surface area contributed by atoms with Crippen molar-refractivity contribution < 1.29 is 0 Å². The third-order valence-corrected chi connectivity index (χ3v) is 6.11. The Labute approximate surface area is 159 Å². The molecule has 128 valence electrons. The van der Waals surface area contributed by atoms with Gasteiger partial charge in [-0.15, -0.1) is 11.8 Å². The molecule has 3 rings (SSSR count). The van der Waals surface area contributed by atoms with Crippen molar-refractivity contribution in [1.29, 1.82) is 0 Å². The Morgan fingerprint density at radius 3 is 1.92 bits per heavy atom. The van der Waals surface area contributed by atoms with Gasteiger partial charge in [-0.3, -0.25) is 0 Å². The van der Waals surface area contributed by atoms with E-state index in [9.17, 15) is 0 Å². The fourth-order valence-electron chi connectivity index (χ4n) is 3.13. The molecular formula is C22H22ClNS. The van der Waals surface area contributed by atoms with E-state index < -0.39 is 0 Å². The van der Waals surface area contributed by atoms with Crippen LogP contribution in [0.4, 0.5) is 0 Å². The van der Waals surface area contributed by atoms with E-state index in [4.69, 9.17) is 17.3 Å². The second-order valence-corrected chi connectivity index (χ2v) is 7.83. The van der Waals surface area contributed by atoms with E-state index in [0.29, 0.717) is 6.54 Å². The van der Waals surface area contributed by atoms with E-state index in [1.54, 1.807) is 0 Å². The molecule has 0 fully saturated rings. The largest absolute Gasteiger partial charge is 0.330 e. The summed E-state index contributed by atoms with van der Waals surface area (Å²) in [5, 5.41) is 0.759. The first kappa shape index (κ1) is 18.1. The van der Waals surface area contributed by atoms with Gasteiger partial charge >= 0.3 is 0 Å². The van der Waals surface area contributed by atoms with E-state index in [-0.39, 0.29) is 4.75 Å². The van der Waals surface area contributed by atoms with Crippen molar-refractivity contribution in [3.05, 3.63) is 107 Å². The van der Waals surface area contributed by atoms with Crippen molar-refractivity contribution in [3.63, 3.8) is 0 Å². The van der Waals surface area contributed by atoms with Gasteiger partial charge in [0.15, 0.2) is 0 Å². The lowest BCUT2D eigenvalue weighted by molar-refractivity contribution is 0.734. The molecule has 1 nitrogen and oxygen atoms in total. The average molecular weight is 368 g/mol. The van der Waals surface area contributed by atoms with Gasteiger partial charge in [0.1, 0.15) is 0 Å². The van der Waals surface area contributed by atoms with Gasteiger partial charge < -0.3 is 5.73 Å². The number of benzene rings is 3. The van der Waals surface area contributed by atoms with Crippen LogP contribution in [-0.2, 0) is 11.2 Å². The highest BCUT2D eigenvalue weighted by atomic mass is 35.5. The highest BCUT2D eigenvalue weighted by molar-refractivity contribution is 8.00. The summed E-state index contributed by atoms with van der Waals surface area (Å²) < 4.78 is -0.188. The highest BCUT2D eigenvalue weighted by Crippen LogP contribution is 2.45. The second-order valence-electron chi connectivity index (χ2n) is 6.00. The van der Waals surface area contributed by atoms with Gasteiger partial charge in [0.2, 0.25) is 0 Å². The molecule has 25 heavy (non-hydrogen) atoms. The first-order chi connectivity index (χ1) is 12.2. The van der Waals surface area contributed by atoms with Gasteiger partial charge in [0.25, 0.3) is 0 Å². The number of halogens is 1. The van der Waals surface area contributed by atoms with Gasteiger partial charge in [-0.1, -0.05) is 84.4 Å². The molecule has 0 aliphatic heterocycles. The number of thioether (sulfide) groups is 1. The van der Waals surface area contributed by atoms with Crippen molar-refractivity contribution in [3.8, 4) is 0 Å². The summed E-state index contributed by atoms with van der Waals surface area (Å²) in [5.74, 6) is 0.893. The summed E-state index contributed by atoms with van der Waals surface area (Å²) in [6.07, 6.45) is 0.907. The Kier molecular flexibility index (Phi) is 6.19. The van der Waals surface area contributed by atoms with Crippen LogP contribution in [0.5, 0.6) is 0 Å². The van der Waals surface area contributed by atoms with Gasteiger partial charge in [0.05, 0.1) is 4.75 Å². The molecule has 2 N–H and O–H groups in total. The predicted molar refractivity (Wildman–Crippen MR) is 110 cm³/mol. The maximum atomic E-state index is 6.15. The lowest BCUT2D eigenvalue weighted by Gasteiger charge is -2.35. The van der Waals surface area contributed by atoms with Crippen LogP contribution in [0.2, 0.25) is 5.02 Å². The van der Waals surface area contributed by atoms with Crippen molar-refractivity contribution in [2.75, 3.05) is 12.3 Å². The molecule has 3 aromatic carbocycles. The smallest absolute Gasteiger partial charge is 0.0697 e. The molecule has 0 saturated carbocycles. The Morgan fingerprint density at radius 1 is 0.760 bits per heavy atom. The van der Waals surface area contributed by atoms with Crippen molar-refractivity contribution in [2.24, 2.45) is 5.73 Å². The van der Waals surface area contributed by atoms with Gasteiger partial charge in [-0.2, -0.15) is 0 Å². The molecular weight excluding hydrogens is 346 g/mol. The molecule has 0 aliphatic rings. The van der Waals surface area contributed by atoms with Crippen molar-refractivity contribution >= 4 is 23.4 Å². The van der Waals surface area contributed by atoms with Gasteiger partial charge in [0, 0.05) is 17.3 Å². The molecule has 3 aromatic rings. The summed E-state index contributed by atoms with van der Waals surface area (Å²) in [6.45, 7) is 0.654. The lowest BCUT2D eigenvalue weighted by atomic mass is 9.85. The zero-order chi connectivity index (χ0) is 17.5. The van der Waals surface area contributed by atoms with Crippen LogP contribution < -0.4 is 5.73 Å². The first-order valence-electron chi connectivity index (χ1n) is 8.44. The number of hydrogen-bond donors (Lipinski definition) is 1. The Morgan fingerprint density at radius 2 is 1.32 bits per heavy atom. The Bertz CT molecular complexity index is 774. The van der Waals surface area contributed by atoms with Crippen LogP contribution >= 0.6 is 23.4 Å². The molecule has 0 amide bonds. The Balaban J connectivity index is 2.14. The number of nitrogens with two attached hydrogens (primary N) is 1. The van der Waals surface area contributed by atoms with Crippen molar-refractivity contribution in [1.82, 2.24) is 0 Å². The zero-order valence-electron chi connectivity index (χ0n) is 14.1. The summed E-state index contributed by atoms with van der Waals surface area (Å²) in [4.78, 5) is 0. The minimum absolute atomic E-state index is 0.188. The quantitative estimate of drug-likeness (QED) is 0.595. The molecule has 1 unspecified atom stereocenters. The minimum Gasteiger partial charge on any atom is -0.330 e. The lowest BCUT2D eigenvalue weighted by Crippen LogP contribution is -2.28. The standard InChI is InChI=1S/C22H22ClNS/c23-21-13-11-20(12-14-21)22(25-16-15-24,19-9-5-2-6-10-19)17-18-7-3-1-4-8-18/h1-14H,15-17,24H2. The maximum absolute atomic E-state index is 6.15. The molecule has 0 aliphatic carbocycles. The topological polar surface area (TPSA) is 26.0 Å². The van der Waals surface area contributed by atoms with Crippen LogP contribution in [-0.4, -0.2) is 12.3 Å². The van der Waals surface area contributed by atoms with Gasteiger partial charge in [-0.05, 0) is 35.2 Å². The van der Waals surface area contributed by atoms with E-state index in [0.717, 1.165) is 17.2 Å². The van der Waals surface area contributed by atoms with E-state index in [1.807, 2.05) is 23.9 Å². The summed E-state index contributed by atoms with van der Waals surface area (Å²) >= 11 is 8.05. The summed E-state index contributed by atoms with van der Waals surface area (Å²) in [7, 11) is 0. The minimum atomic E-state index is -0.188. The number of hydrogen-bond acceptors (Lipinski definition) is 2. The zero-order valence-corrected chi connectivity index (χ0v) is 15.6. The molecule has 1 atom stereocenters. The SMILES string of the molecule is NCCSC(Cc1ccccc1)(c1ccccc1)c1ccc(Cl)cc1. The summed E-state index contributed by atoms with van der Waals surface area (Å²) in [6, 6.07) is 29.6. The molecule has 0 spiro atoms. The highest BCUT2D eigenvalue weighted by Gasteiger charge is 2.34.